The minimum atomic E-state index is 0. The number of ether oxygens (including phenoxy) is 2. The number of aliphatic imine (C=N–C) groups is 1. The van der Waals surface area contributed by atoms with Crippen LogP contribution in [0.3, 0.4) is 0 Å². The topological polar surface area (TPSA) is 68.0 Å². The van der Waals surface area contributed by atoms with Gasteiger partial charge in [0.05, 0.1) is 13.4 Å². The van der Waals surface area contributed by atoms with Crippen LogP contribution in [-0.2, 0) is 17.6 Å². The minimum absolute atomic E-state index is 0. The highest BCUT2D eigenvalue weighted by Crippen LogP contribution is 2.48. The highest BCUT2D eigenvalue weighted by molar-refractivity contribution is 14.0. The van der Waals surface area contributed by atoms with Crippen LogP contribution in [0.1, 0.15) is 30.6 Å². The van der Waals surface area contributed by atoms with Gasteiger partial charge < -0.3 is 24.5 Å². The van der Waals surface area contributed by atoms with Crippen LogP contribution in [0.5, 0.6) is 5.75 Å². The Bertz CT molecular complexity index is 744. The molecule has 0 radical (unpaired) electrons. The van der Waals surface area contributed by atoms with Crippen molar-refractivity contribution in [3.05, 3.63) is 54.0 Å². The zero-order valence-electron chi connectivity index (χ0n) is 18.0. The van der Waals surface area contributed by atoms with Crippen molar-refractivity contribution in [1.82, 2.24) is 10.6 Å². The molecule has 7 heteroatoms. The molecule has 1 aliphatic carbocycles. The molecule has 0 unspecified atom stereocenters. The summed E-state index contributed by atoms with van der Waals surface area (Å²) in [4.78, 5) is 4.88. The van der Waals surface area contributed by atoms with Gasteiger partial charge in [-0.05, 0) is 60.9 Å². The summed E-state index contributed by atoms with van der Waals surface area (Å²) < 4.78 is 15.9. The maximum Gasteiger partial charge on any atom is 0.191 e. The van der Waals surface area contributed by atoms with Crippen LogP contribution in [0, 0.1) is 5.41 Å². The lowest BCUT2D eigenvalue weighted by Crippen LogP contribution is -2.40. The Balaban J connectivity index is 0.00000320. The number of hydrogen-bond acceptors (Lipinski definition) is 4. The van der Waals surface area contributed by atoms with E-state index in [0.717, 1.165) is 63.0 Å². The average molecular weight is 527 g/mol. The van der Waals surface area contributed by atoms with Gasteiger partial charge in [0.15, 0.2) is 5.96 Å². The molecule has 0 saturated heterocycles. The normalized spacial score (nSPS) is 14.7. The maximum absolute atomic E-state index is 5.42. The van der Waals surface area contributed by atoms with Crippen molar-refractivity contribution < 1.29 is 13.9 Å². The van der Waals surface area contributed by atoms with E-state index in [1.165, 1.54) is 18.4 Å². The van der Waals surface area contributed by atoms with Crippen molar-refractivity contribution >= 4 is 29.9 Å². The zero-order chi connectivity index (χ0) is 20.4. The number of nitrogens with zero attached hydrogens (tertiary/aromatic N) is 1. The van der Waals surface area contributed by atoms with Crippen molar-refractivity contribution in [2.75, 3.05) is 40.5 Å². The Labute approximate surface area is 196 Å². The number of benzene rings is 1. The smallest absolute Gasteiger partial charge is 0.191 e. The number of halogens is 1. The summed E-state index contributed by atoms with van der Waals surface area (Å²) in [6, 6.07) is 12.1. The molecule has 1 aliphatic rings. The highest BCUT2D eigenvalue weighted by Gasteiger charge is 2.41. The number of rotatable bonds is 12. The molecule has 2 N–H and O–H groups in total. The Hall–Kier alpha value is -1.74. The monoisotopic (exact) mass is 527 g/mol. The summed E-state index contributed by atoms with van der Waals surface area (Å²) in [6.45, 7) is 3.26. The second kappa shape index (κ2) is 12.8. The van der Waals surface area contributed by atoms with Crippen LogP contribution in [0.4, 0.5) is 0 Å². The molecule has 0 spiro atoms. The molecule has 0 bridgehead atoms. The lowest BCUT2D eigenvalue weighted by atomic mass is 10.0. The third-order valence-electron chi connectivity index (χ3n) is 5.48. The zero-order valence-corrected chi connectivity index (χ0v) is 20.3. The van der Waals surface area contributed by atoms with Gasteiger partial charge in [0, 0.05) is 39.8 Å². The molecule has 3 rings (SSSR count). The van der Waals surface area contributed by atoms with E-state index in [1.807, 2.05) is 24.3 Å². The Kier molecular flexibility index (Phi) is 10.5. The summed E-state index contributed by atoms with van der Waals surface area (Å²) >= 11 is 0. The fraction of sp³-hybridized carbons (Fsp3) is 0.522. The second-order valence-corrected chi connectivity index (χ2v) is 7.69. The molecule has 1 aromatic heterocycles. The van der Waals surface area contributed by atoms with Crippen molar-refractivity contribution in [1.29, 1.82) is 0 Å². The van der Waals surface area contributed by atoms with Crippen molar-refractivity contribution in [2.45, 2.75) is 32.1 Å². The summed E-state index contributed by atoms with van der Waals surface area (Å²) in [7, 11) is 3.45. The molecule has 1 saturated carbocycles. The maximum atomic E-state index is 5.42. The summed E-state index contributed by atoms with van der Waals surface area (Å²) in [5, 5.41) is 6.93. The standard InChI is InChI=1S/C23H33N3O3.HI/c1-27-17-13-23(11-12-23)18-26-22(25-15-10-21-4-3-16-29-21)24-14-9-19-5-7-20(28-2)8-6-19;/h3-8,16H,9-15,17-18H2,1-2H3,(H2,24,25,26);1H. The first-order valence-corrected chi connectivity index (χ1v) is 10.4. The van der Waals surface area contributed by atoms with E-state index in [0.29, 0.717) is 5.41 Å². The van der Waals surface area contributed by atoms with Crippen molar-refractivity contribution in [2.24, 2.45) is 10.4 Å². The molecule has 166 valence electrons. The average Bonchev–Trinajstić information content (AvgIpc) is 3.33. The lowest BCUT2D eigenvalue weighted by molar-refractivity contribution is 0.174. The number of hydrogen-bond donors (Lipinski definition) is 2. The van der Waals surface area contributed by atoms with E-state index in [2.05, 4.69) is 22.8 Å². The van der Waals surface area contributed by atoms with Crippen LogP contribution in [0.15, 0.2) is 52.1 Å². The van der Waals surface area contributed by atoms with E-state index in [-0.39, 0.29) is 24.0 Å². The molecule has 0 atom stereocenters. The largest absolute Gasteiger partial charge is 0.497 e. The van der Waals surface area contributed by atoms with Crippen LogP contribution in [0.25, 0.3) is 0 Å². The van der Waals surface area contributed by atoms with E-state index < -0.39 is 0 Å². The fourth-order valence-corrected chi connectivity index (χ4v) is 3.28. The first-order chi connectivity index (χ1) is 14.2. The van der Waals surface area contributed by atoms with Gasteiger partial charge in [-0.25, -0.2) is 0 Å². The number of methoxy groups -OCH3 is 2. The van der Waals surface area contributed by atoms with E-state index in [4.69, 9.17) is 18.9 Å². The molecule has 0 aliphatic heterocycles. The van der Waals surface area contributed by atoms with E-state index in [1.54, 1.807) is 20.5 Å². The van der Waals surface area contributed by atoms with Gasteiger partial charge in [0.1, 0.15) is 11.5 Å². The summed E-state index contributed by atoms with van der Waals surface area (Å²) in [5.74, 6) is 2.73. The Morgan fingerprint density at radius 1 is 1.07 bits per heavy atom. The SMILES string of the molecule is COCCC1(CN=C(NCCc2ccc(OC)cc2)NCCc2ccco2)CC1.I. The van der Waals surface area contributed by atoms with Gasteiger partial charge in [-0.2, -0.15) is 0 Å². The predicted molar refractivity (Wildman–Crippen MR) is 131 cm³/mol. The Morgan fingerprint density at radius 2 is 1.80 bits per heavy atom. The van der Waals surface area contributed by atoms with Gasteiger partial charge in [0.25, 0.3) is 0 Å². The Morgan fingerprint density at radius 3 is 2.40 bits per heavy atom. The third kappa shape index (κ3) is 8.18. The van der Waals surface area contributed by atoms with Gasteiger partial charge >= 0.3 is 0 Å². The van der Waals surface area contributed by atoms with Gasteiger partial charge in [-0.1, -0.05) is 12.1 Å². The summed E-state index contributed by atoms with van der Waals surface area (Å²) in [6.07, 6.45) is 7.04. The number of nitrogens with one attached hydrogen (secondary N) is 2. The van der Waals surface area contributed by atoms with Gasteiger partial charge in [0.2, 0.25) is 0 Å². The van der Waals surface area contributed by atoms with Crippen molar-refractivity contribution in [3.63, 3.8) is 0 Å². The van der Waals surface area contributed by atoms with Crippen LogP contribution < -0.4 is 15.4 Å². The number of guanidine groups is 1. The first kappa shape index (κ1) is 24.5. The van der Waals surface area contributed by atoms with E-state index in [9.17, 15) is 0 Å². The molecule has 0 amide bonds. The first-order valence-electron chi connectivity index (χ1n) is 10.4. The fourth-order valence-electron chi connectivity index (χ4n) is 3.28. The molecule has 1 fully saturated rings. The van der Waals surface area contributed by atoms with Crippen molar-refractivity contribution in [3.8, 4) is 5.75 Å². The molecule has 1 aromatic carbocycles. The summed E-state index contributed by atoms with van der Waals surface area (Å²) in [5.41, 5.74) is 1.61. The molecule has 6 nitrogen and oxygen atoms in total. The number of furan rings is 1. The molecule has 30 heavy (non-hydrogen) atoms. The van der Waals surface area contributed by atoms with Crippen LogP contribution in [-0.4, -0.2) is 46.4 Å². The lowest BCUT2D eigenvalue weighted by Gasteiger charge is -2.16. The van der Waals surface area contributed by atoms with Crippen LogP contribution in [0.2, 0.25) is 0 Å². The highest BCUT2D eigenvalue weighted by atomic mass is 127. The predicted octanol–water partition coefficient (Wildman–Crippen LogP) is 4.04. The van der Waals surface area contributed by atoms with Gasteiger partial charge in [-0.3, -0.25) is 4.99 Å². The third-order valence-corrected chi connectivity index (χ3v) is 5.48. The molecular weight excluding hydrogens is 493 g/mol. The van der Waals surface area contributed by atoms with Crippen LogP contribution >= 0.6 is 24.0 Å². The molecular formula is C23H34IN3O3. The molecule has 2 aromatic rings. The second-order valence-electron chi connectivity index (χ2n) is 7.69. The molecule has 1 heterocycles. The minimum Gasteiger partial charge on any atom is -0.497 e. The van der Waals surface area contributed by atoms with E-state index >= 15 is 0 Å². The van der Waals surface area contributed by atoms with Gasteiger partial charge in [-0.15, -0.1) is 24.0 Å². The quantitative estimate of drug-likeness (QED) is 0.248.